The number of anilines is 1. The predicted molar refractivity (Wildman–Crippen MR) is 133 cm³/mol. The molecule has 2 heteroatoms. The topological polar surface area (TPSA) is 3.24 Å². The van der Waals surface area contributed by atoms with E-state index in [1.54, 1.807) is 0 Å². The first-order chi connectivity index (χ1) is 14.7. The second-order valence-corrected chi connectivity index (χ2v) is 7.76. The number of likely N-dealkylation sites (N-methyl/N-ethyl adjacent to an activating group) is 1. The van der Waals surface area contributed by atoms with Gasteiger partial charge in [-0.1, -0.05) is 85.3 Å². The third kappa shape index (κ3) is 4.13. The molecule has 30 heavy (non-hydrogen) atoms. The van der Waals surface area contributed by atoms with E-state index in [1.165, 1.54) is 33.2 Å². The molecule has 1 aliphatic heterocycles. The van der Waals surface area contributed by atoms with Gasteiger partial charge in [0.25, 0.3) is 0 Å². The molecular weight excluding hydrogens is 386 g/mol. The number of nitrogens with zero attached hydrogens (tertiary/aromatic N) is 1. The number of allylic oxidation sites excluding steroid dienone is 5. The van der Waals surface area contributed by atoms with Crippen LogP contribution in [0, 0.1) is 0 Å². The van der Waals surface area contributed by atoms with Crippen molar-refractivity contribution in [2.24, 2.45) is 0 Å². The van der Waals surface area contributed by atoms with Crippen LogP contribution in [-0.4, -0.2) is 6.54 Å². The second kappa shape index (κ2) is 9.19. The van der Waals surface area contributed by atoms with Crippen molar-refractivity contribution in [3.8, 4) is 0 Å². The summed E-state index contributed by atoms with van der Waals surface area (Å²) in [4.78, 5) is 2.30. The molecule has 0 aromatic heterocycles. The smallest absolute Gasteiger partial charge is 0.0484 e. The van der Waals surface area contributed by atoms with Gasteiger partial charge in [-0.05, 0) is 71.2 Å². The van der Waals surface area contributed by atoms with Crippen LogP contribution in [0.2, 0.25) is 0 Å². The zero-order valence-electron chi connectivity index (χ0n) is 17.5. The maximum atomic E-state index is 6.54. The van der Waals surface area contributed by atoms with Crippen LogP contribution in [0.4, 0.5) is 5.69 Å². The Hall–Kier alpha value is -3.03. The van der Waals surface area contributed by atoms with E-state index < -0.39 is 0 Å². The maximum Gasteiger partial charge on any atom is 0.0484 e. The van der Waals surface area contributed by atoms with Crippen LogP contribution in [0.3, 0.4) is 0 Å². The lowest BCUT2D eigenvalue weighted by Crippen LogP contribution is -2.23. The Morgan fingerprint density at radius 2 is 1.73 bits per heavy atom. The summed E-state index contributed by atoms with van der Waals surface area (Å²) in [5.74, 6) is 0. The molecule has 0 unspecified atom stereocenters. The van der Waals surface area contributed by atoms with Gasteiger partial charge in [0.1, 0.15) is 0 Å². The van der Waals surface area contributed by atoms with E-state index in [0.717, 1.165) is 18.7 Å². The van der Waals surface area contributed by atoms with Crippen LogP contribution in [0.25, 0.3) is 22.9 Å². The number of fused-ring (bicyclic) bond motifs is 2. The number of para-hydroxylation sites is 1. The molecule has 4 rings (SSSR count). The molecule has 1 heterocycles. The van der Waals surface area contributed by atoms with Crippen molar-refractivity contribution in [2.45, 2.75) is 20.3 Å². The summed E-state index contributed by atoms with van der Waals surface area (Å²) in [7, 11) is 0. The van der Waals surface area contributed by atoms with Gasteiger partial charge in [0.2, 0.25) is 0 Å². The number of hydrogen-bond donors (Lipinski definition) is 0. The van der Waals surface area contributed by atoms with Crippen LogP contribution >= 0.6 is 11.6 Å². The SMILES string of the molecule is CCc1c(C=CC(Cl)=C/C=C2\C=Cc3ccccc3N2CC)ccc2ccccc12. The van der Waals surface area contributed by atoms with E-state index >= 15 is 0 Å². The fourth-order valence-corrected chi connectivity index (χ4v) is 4.20. The Kier molecular flexibility index (Phi) is 6.21. The van der Waals surface area contributed by atoms with Gasteiger partial charge in [0, 0.05) is 23.0 Å². The third-order valence-corrected chi connectivity index (χ3v) is 5.81. The van der Waals surface area contributed by atoms with Crippen LogP contribution in [0.5, 0.6) is 0 Å². The summed E-state index contributed by atoms with van der Waals surface area (Å²) >= 11 is 6.54. The summed E-state index contributed by atoms with van der Waals surface area (Å²) < 4.78 is 0. The van der Waals surface area contributed by atoms with E-state index in [1.807, 2.05) is 12.2 Å². The molecule has 3 aromatic rings. The molecule has 0 saturated carbocycles. The summed E-state index contributed by atoms with van der Waals surface area (Å²) in [5.41, 5.74) is 6.20. The number of rotatable bonds is 5. The van der Waals surface area contributed by atoms with Gasteiger partial charge in [-0.25, -0.2) is 0 Å². The van der Waals surface area contributed by atoms with Gasteiger partial charge in [0.05, 0.1) is 0 Å². The van der Waals surface area contributed by atoms with Crippen molar-refractivity contribution >= 4 is 40.2 Å². The zero-order chi connectivity index (χ0) is 20.9. The van der Waals surface area contributed by atoms with Crippen molar-refractivity contribution in [1.82, 2.24) is 0 Å². The Balaban J connectivity index is 1.59. The standard InChI is InChI=1S/C28H26ClN/c1-3-26-22(14-13-21-9-5-7-11-27(21)26)15-17-24(29)18-20-25-19-16-23-10-6-8-12-28(23)30(25)4-2/h5-20H,3-4H2,1-2H3/b17-15?,24-18?,25-20+. The fraction of sp³-hybridized carbons (Fsp3) is 0.143. The third-order valence-electron chi connectivity index (χ3n) is 5.55. The van der Waals surface area contributed by atoms with Crippen molar-refractivity contribution in [2.75, 3.05) is 11.4 Å². The maximum absolute atomic E-state index is 6.54. The Morgan fingerprint density at radius 3 is 2.57 bits per heavy atom. The number of benzene rings is 3. The zero-order valence-corrected chi connectivity index (χ0v) is 18.2. The Labute approximate surface area is 184 Å². The van der Waals surface area contributed by atoms with E-state index in [9.17, 15) is 0 Å². The highest BCUT2D eigenvalue weighted by Gasteiger charge is 2.14. The highest BCUT2D eigenvalue weighted by molar-refractivity contribution is 6.31. The predicted octanol–water partition coefficient (Wildman–Crippen LogP) is 7.98. The molecule has 0 atom stereocenters. The molecule has 0 saturated heterocycles. The number of hydrogen-bond acceptors (Lipinski definition) is 1. The lowest BCUT2D eigenvalue weighted by atomic mass is 9.97. The normalized spacial score (nSPS) is 15.4. The molecule has 150 valence electrons. The summed E-state index contributed by atoms with van der Waals surface area (Å²) in [5, 5.41) is 3.30. The molecule has 0 amide bonds. The molecule has 0 radical (unpaired) electrons. The Bertz CT molecular complexity index is 1180. The fourth-order valence-electron chi connectivity index (χ4n) is 4.07. The molecular formula is C28H26ClN. The minimum absolute atomic E-state index is 0.709. The largest absolute Gasteiger partial charge is 0.341 e. The lowest BCUT2D eigenvalue weighted by Gasteiger charge is -2.29. The summed E-state index contributed by atoms with van der Waals surface area (Å²) in [6.45, 7) is 5.28. The van der Waals surface area contributed by atoms with Crippen molar-refractivity contribution in [3.63, 3.8) is 0 Å². The van der Waals surface area contributed by atoms with Crippen LogP contribution in [0.15, 0.2) is 95.7 Å². The Morgan fingerprint density at radius 1 is 0.933 bits per heavy atom. The first-order valence-corrected chi connectivity index (χ1v) is 10.9. The van der Waals surface area contributed by atoms with Gasteiger partial charge in [-0.3, -0.25) is 0 Å². The number of aryl methyl sites for hydroxylation is 1. The lowest BCUT2D eigenvalue weighted by molar-refractivity contribution is 0.971. The van der Waals surface area contributed by atoms with Gasteiger partial charge in [0.15, 0.2) is 0 Å². The highest BCUT2D eigenvalue weighted by Crippen LogP contribution is 2.30. The van der Waals surface area contributed by atoms with Crippen LogP contribution in [0.1, 0.15) is 30.5 Å². The molecule has 3 aromatic carbocycles. The molecule has 1 aliphatic rings. The van der Waals surface area contributed by atoms with Crippen LogP contribution in [-0.2, 0) is 6.42 Å². The average Bonchev–Trinajstić information content (AvgIpc) is 2.80. The quantitative estimate of drug-likeness (QED) is 0.384. The highest BCUT2D eigenvalue weighted by atomic mass is 35.5. The second-order valence-electron chi connectivity index (χ2n) is 7.32. The minimum atomic E-state index is 0.709. The van der Waals surface area contributed by atoms with Crippen molar-refractivity contribution < 1.29 is 0 Å². The van der Waals surface area contributed by atoms with Gasteiger partial charge >= 0.3 is 0 Å². The first kappa shape index (κ1) is 20.3. The molecule has 1 nitrogen and oxygen atoms in total. The average molecular weight is 412 g/mol. The van der Waals surface area contributed by atoms with Gasteiger partial charge < -0.3 is 4.90 Å². The first-order valence-electron chi connectivity index (χ1n) is 10.5. The van der Waals surface area contributed by atoms with E-state index in [2.05, 4.69) is 104 Å². The molecule has 0 aliphatic carbocycles. The number of halogens is 1. The summed E-state index contributed by atoms with van der Waals surface area (Å²) in [6.07, 6.45) is 13.5. The van der Waals surface area contributed by atoms with Crippen molar-refractivity contribution in [3.05, 3.63) is 112 Å². The van der Waals surface area contributed by atoms with E-state index in [-0.39, 0.29) is 0 Å². The van der Waals surface area contributed by atoms with Gasteiger partial charge in [-0.15, -0.1) is 0 Å². The molecule has 0 N–H and O–H groups in total. The van der Waals surface area contributed by atoms with Crippen molar-refractivity contribution in [1.29, 1.82) is 0 Å². The molecule has 0 fully saturated rings. The van der Waals surface area contributed by atoms with E-state index in [0.29, 0.717) is 5.03 Å². The van der Waals surface area contributed by atoms with E-state index in [4.69, 9.17) is 11.6 Å². The molecule has 0 bridgehead atoms. The summed E-state index contributed by atoms with van der Waals surface area (Å²) in [6, 6.07) is 21.4. The van der Waals surface area contributed by atoms with Gasteiger partial charge in [-0.2, -0.15) is 0 Å². The minimum Gasteiger partial charge on any atom is -0.341 e. The van der Waals surface area contributed by atoms with Crippen LogP contribution < -0.4 is 4.90 Å². The monoisotopic (exact) mass is 411 g/mol. The molecule has 0 spiro atoms.